The van der Waals surface area contributed by atoms with Crippen molar-refractivity contribution in [3.8, 4) is 0 Å². The summed E-state index contributed by atoms with van der Waals surface area (Å²) in [6.07, 6.45) is 4.34. The van der Waals surface area contributed by atoms with Crippen LogP contribution in [0.15, 0.2) is 0 Å². The Morgan fingerprint density at radius 1 is 1.29 bits per heavy atom. The number of morpholine rings is 1. The van der Waals surface area contributed by atoms with E-state index in [2.05, 4.69) is 26.1 Å². The molecule has 0 aromatic carbocycles. The monoisotopic (exact) mass is 197 g/mol. The normalized spacial score (nSPS) is 49.5. The average Bonchev–Trinajstić information content (AvgIpc) is 2.14. The largest absolute Gasteiger partial charge is 0.369 e. The molecule has 4 unspecified atom stereocenters. The van der Waals surface area contributed by atoms with Crippen molar-refractivity contribution in [1.82, 2.24) is 5.32 Å². The second-order valence-electron chi connectivity index (χ2n) is 5.28. The Hall–Kier alpha value is -0.0800. The van der Waals surface area contributed by atoms with Gasteiger partial charge in [-0.1, -0.05) is 26.7 Å². The molecule has 1 aliphatic heterocycles. The zero-order valence-corrected chi connectivity index (χ0v) is 9.68. The third kappa shape index (κ3) is 1.70. The van der Waals surface area contributed by atoms with Gasteiger partial charge >= 0.3 is 0 Å². The standard InChI is InChI=1S/C12H23NO/c1-9-5-4-6-12(11(9)3)8-13-7-10(2)14-12/h9-11,13H,4-8H2,1-3H3. The third-order valence-electron chi connectivity index (χ3n) is 4.23. The number of rotatable bonds is 0. The van der Waals surface area contributed by atoms with E-state index in [0.717, 1.165) is 19.0 Å². The highest BCUT2D eigenvalue weighted by Gasteiger charge is 2.44. The topological polar surface area (TPSA) is 21.3 Å². The minimum Gasteiger partial charge on any atom is -0.369 e. The zero-order valence-electron chi connectivity index (χ0n) is 9.68. The van der Waals surface area contributed by atoms with E-state index in [1.165, 1.54) is 19.3 Å². The van der Waals surface area contributed by atoms with Gasteiger partial charge < -0.3 is 10.1 Å². The van der Waals surface area contributed by atoms with Gasteiger partial charge in [0.25, 0.3) is 0 Å². The SMILES string of the molecule is CC1CNCC2(CCCC(C)C2C)O1. The van der Waals surface area contributed by atoms with Crippen LogP contribution in [0.2, 0.25) is 0 Å². The number of ether oxygens (including phenoxy) is 1. The molecule has 82 valence electrons. The quantitative estimate of drug-likeness (QED) is 0.643. The van der Waals surface area contributed by atoms with Crippen molar-refractivity contribution in [3.05, 3.63) is 0 Å². The first-order valence-electron chi connectivity index (χ1n) is 6.02. The van der Waals surface area contributed by atoms with Crippen molar-refractivity contribution >= 4 is 0 Å². The molecule has 1 saturated carbocycles. The van der Waals surface area contributed by atoms with Crippen LogP contribution in [-0.4, -0.2) is 24.8 Å². The fourth-order valence-corrected chi connectivity index (χ4v) is 3.11. The van der Waals surface area contributed by atoms with Crippen molar-refractivity contribution in [2.75, 3.05) is 13.1 Å². The molecule has 1 spiro atoms. The molecule has 1 saturated heterocycles. The van der Waals surface area contributed by atoms with Gasteiger partial charge in [0, 0.05) is 13.1 Å². The molecule has 4 atom stereocenters. The second kappa shape index (κ2) is 3.82. The van der Waals surface area contributed by atoms with Crippen LogP contribution in [0.4, 0.5) is 0 Å². The highest BCUT2D eigenvalue weighted by molar-refractivity contribution is 4.97. The Balaban J connectivity index is 2.11. The van der Waals surface area contributed by atoms with E-state index in [-0.39, 0.29) is 5.60 Å². The lowest BCUT2D eigenvalue weighted by Gasteiger charge is -2.49. The van der Waals surface area contributed by atoms with E-state index in [0.29, 0.717) is 12.0 Å². The maximum atomic E-state index is 6.23. The Labute approximate surface area is 87.4 Å². The summed E-state index contributed by atoms with van der Waals surface area (Å²) in [6, 6.07) is 0. The molecule has 1 heterocycles. The van der Waals surface area contributed by atoms with Crippen LogP contribution in [0.25, 0.3) is 0 Å². The molecule has 0 amide bonds. The highest BCUT2D eigenvalue weighted by Crippen LogP contribution is 2.41. The Kier molecular flexibility index (Phi) is 2.85. The summed E-state index contributed by atoms with van der Waals surface area (Å²) in [7, 11) is 0. The molecular formula is C12H23NO. The summed E-state index contributed by atoms with van der Waals surface area (Å²) in [5.41, 5.74) is 0.148. The van der Waals surface area contributed by atoms with Gasteiger partial charge in [-0.2, -0.15) is 0 Å². The van der Waals surface area contributed by atoms with Crippen LogP contribution in [0.1, 0.15) is 40.0 Å². The molecule has 0 aromatic rings. The zero-order chi connectivity index (χ0) is 10.2. The molecule has 14 heavy (non-hydrogen) atoms. The van der Waals surface area contributed by atoms with Crippen molar-refractivity contribution in [2.24, 2.45) is 11.8 Å². The van der Waals surface area contributed by atoms with Crippen LogP contribution in [-0.2, 0) is 4.74 Å². The molecule has 0 aromatic heterocycles. The molecule has 2 rings (SSSR count). The lowest BCUT2D eigenvalue weighted by molar-refractivity contribution is -0.164. The summed E-state index contributed by atoms with van der Waals surface area (Å²) >= 11 is 0. The number of hydrogen-bond acceptors (Lipinski definition) is 2. The summed E-state index contributed by atoms with van der Waals surface area (Å²) in [4.78, 5) is 0. The minimum absolute atomic E-state index is 0.148. The van der Waals surface area contributed by atoms with E-state index in [1.807, 2.05) is 0 Å². The molecule has 2 fully saturated rings. The van der Waals surface area contributed by atoms with E-state index < -0.39 is 0 Å². The molecule has 0 bridgehead atoms. The maximum Gasteiger partial charge on any atom is 0.0838 e. The van der Waals surface area contributed by atoms with Crippen molar-refractivity contribution in [3.63, 3.8) is 0 Å². The van der Waals surface area contributed by atoms with Gasteiger partial charge in [0.1, 0.15) is 0 Å². The lowest BCUT2D eigenvalue weighted by atomic mass is 9.70. The van der Waals surface area contributed by atoms with Gasteiger partial charge in [-0.15, -0.1) is 0 Å². The van der Waals surface area contributed by atoms with Crippen LogP contribution in [0, 0.1) is 11.8 Å². The van der Waals surface area contributed by atoms with Gasteiger partial charge in [0.2, 0.25) is 0 Å². The molecule has 2 nitrogen and oxygen atoms in total. The first-order valence-corrected chi connectivity index (χ1v) is 6.02. The summed E-state index contributed by atoms with van der Waals surface area (Å²) in [5, 5.41) is 3.52. The molecule has 0 radical (unpaired) electrons. The number of nitrogens with one attached hydrogen (secondary N) is 1. The molecule has 1 aliphatic carbocycles. The molecular weight excluding hydrogens is 174 g/mol. The maximum absolute atomic E-state index is 6.23. The third-order valence-corrected chi connectivity index (χ3v) is 4.23. The van der Waals surface area contributed by atoms with Crippen LogP contribution >= 0.6 is 0 Å². The fraction of sp³-hybridized carbons (Fsp3) is 1.00. The second-order valence-corrected chi connectivity index (χ2v) is 5.28. The van der Waals surface area contributed by atoms with Gasteiger partial charge in [-0.3, -0.25) is 0 Å². The molecule has 2 aliphatic rings. The average molecular weight is 197 g/mol. The van der Waals surface area contributed by atoms with Gasteiger partial charge in [0.05, 0.1) is 11.7 Å². The van der Waals surface area contributed by atoms with Gasteiger partial charge in [-0.05, 0) is 25.2 Å². The van der Waals surface area contributed by atoms with Crippen LogP contribution in [0.3, 0.4) is 0 Å². The smallest absolute Gasteiger partial charge is 0.0838 e. The highest BCUT2D eigenvalue weighted by atomic mass is 16.5. The first-order chi connectivity index (χ1) is 6.64. The first kappa shape index (κ1) is 10.4. The molecule has 2 heteroatoms. The van der Waals surface area contributed by atoms with Crippen molar-refractivity contribution in [1.29, 1.82) is 0 Å². The van der Waals surface area contributed by atoms with E-state index in [4.69, 9.17) is 4.74 Å². The number of hydrogen-bond donors (Lipinski definition) is 1. The Morgan fingerprint density at radius 2 is 2.07 bits per heavy atom. The van der Waals surface area contributed by atoms with Crippen molar-refractivity contribution < 1.29 is 4.74 Å². The van der Waals surface area contributed by atoms with Crippen LogP contribution < -0.4 is 5.32 Å². The predicted octanol–water partition coefficient (Wildman–Crippen LogP) is 2.19. The minimum atomic E-state index is 0.148. The fourth-order valence-electron chi connectivity index (χ4n) is 3.11. The van der Waals surface area contributed by atoms with Gasteiger partial charge in [-0.25, -0.2) is 0 Å². The van der Waals surface area contributed by atoms with E-state index in [9.17, 15) is 0 Å². The van der Waals surface area contributed by atoms with E-state index in [1.54, 1.807) is 0 Å². The van der Waals surface area contributed by atoms with Crippen LogP contribution in [0.5, 0.6) is 0 Å². The molecule has 1 N–H and O–H groups in total. The van der Waals surface area contributed by atoms with E-state index >= 15 is 0 Å². The lowest BCUT2D eigenvalue weighted by Crippen LogP contribution is -2.59. The van der Waals surface area contributed by atoms with Gasteiger partial charge in [0.15, 0.2) is 0 Å². The summed E-state index contributed by atoms with van der Waals surface area (Å²) < 4.78 is 6.23. The van der Waals surface area contributed by atoms with Crippen molar-refractivity contribution in [2.45, 2.75) is 51.7 Å². The Morgan fingerprint density at radius 3 is 2.79 bits per heavy atom. The summed E-state index contributed by atoms with van der Waals surface area (Å²) in [6.45, 7) is 8.99. The predicted molar refractivity (Wildman–Crippen MR) is 58.3 cm³/mol. The summed E-state index contributed by atoms with van der Waals surface area (Å²) in [5.74, 6) is 1.52. The Bertz CT molecular complexity index is 200.